The lowest BCUT2D eigenvalue weighted by Gasteiger charge is -2.40. The summed E-state index contributed by atoms with van der Waals surface area (Å²) in [5, 5.41) is 54.2. The van der Waals surface area contributed by atoms with Gasteiger partial charge in [-0.1, -0.05) is 206 Å². The van der Waals surface area contributed by atoms with Crippen molar-refractivity contribution < 1.29 is 39.8 Å². The molecule has 9 nitrogen and oxygen atoms in total. The van der Waals surface area contributed by atoms with Crippen molar-refractivity contribution in [3.05, 3.63) is 12.2 Å². The van der Waals surface area contributed by atoms with Crippen molar-refractivity contribution in [2.24, 2.45) is 0 Å². The molecule has 2 unspecified atom stereocenters. The summed E-state index contributed by atoms with van der Waals surface area (Å²) in [4.78, 5) is 12.9. The minimum absolute atomic E-state index is 0.174. The number of hydrogen-bond acceptors (Lipinski definition) is 8. The van der Waals surface area contributed by atoms with Gasteiger partial charge in [-0.15, -0.1) is 0 Å². The van der Waals surface area contributed by atoms with Crippen LogP contribution in [0.25, 0.3) is 0 Å². The highest BCUT2D eigenvalue weighted by molar-refractivity contribution is 5.76. The van der Waals surface area contributed by atoms with E-state index in [1.165, 1.54) is 161 Å². The van der Waals surface area contributed by atoms with E-state index in [1.807, 2.05) is 6.08 Å². The van der Waals surface area contributed by atoms with Crippen LogP contribution in [0, 0.1) is 0 Å². The lowest BCUT2D eigenvalue weighted by molar-refractivity contribution is -0.302. The molecule has 0 bridgehead atoms. The fourth-order valence-electron chi connectivity index (χ4n) is 7.57. The number of carbonyl (C=O) groups is 1. The van der Waals surface area contributed by atoms with Crippen molar-refractivity contribution in [2.75, 3.05) is 13.2 Å². The van der Waals surface area contributed by atoms with Crippen LogP contribution in [0.15, 0.2) is 12.2 Å². The second kappa shape index (κ2) is 37.2. The summed E-state index contributed by atoms with van der Waals surface area (Å²) in [6.07, 6.45) is 35.4. The average Bonchev–Trinajstić information content (AvgIpc) is 3.18. The Morgan fingerprint density at radius 3 is 1.42 bits per heavy atom. The monoisotopic (exact) mass is 784 g/mol. The van der Waals surface area contributed by atoms with Crippen molar-refractivity contribution in [3.63, 3.8) is 0 Å². The zero-order valence-electron chi connectivity index (χ0n) is 35.7. The van der Waals surface area contributed by atoms with Gasteiger partial charge in [-0.2, -0.15) is 0 Å². The SMILES string of the molecule is CCCCCCCCCCCCCC=CC(O)C(CO[C@@H]1O[C@H](CO)[C@H](O)[C@H](O)[C@H]1O)NC(=O)CCCCCCCCCCCCCCCCCCCCC. The second-order valence-electron chi connectivity index (χ2n) is 16.6. The van der Waals surface area contributed by atoms with Crippen LogP contribution < -0.4 is 5.32 Å². The Morgan fingerprint density at radius 2 is 1.00 bits per heavy atom. The largest absolute Gasteiger partial charge is 0.394 e. The molecule has 9 heteroatoms. The molecule has 0 spiro atoms. The van der Waals surface area contributed by atoms with Gasteiger partial charge in [0.2, 0.25) is 5.91 Å². The van der Waals surface area contributed by atoms with E-state index in [4.69, 9.17) is 9.47 Å². The topological polar surface area (TPSA) is 149 Å². The molecule has 0 aromatic heterocycles. The van der Waals surface area contributed by atoms with E-state index in [0.29, 0.717) is 6.42 Å². The predicted octanol–water partition coefficient (Wildman–Crippen LogP) is 9.73. The number of aliphatic hydroxyl groups is 5. The highest BCUT2D eigenvalue weighted by Crippen LogP contribution is 2.23. The number of carbonyl (C=O) groups excluding carboxylic acids is 1. The summed E-state index contributed by atoms with van der Waals surface area (Å²) >= 11 is 0. The lowest BCUT2D eigenvalue weighted by Crippen LogP contribution is -2.60. The summed E-state index contributed by atoms with van der Waals surface area (Å²) < 4.78 is 11.2. The van der Waals surface area contributed by atoms with Crippen molar-refractivity contribution in [1.29, 1.82) is 0 Å². The van der Waals surface area contributed by atoms with Gasteiger partial charge in [0.15, 0.2) is 6.29 Å². The van der Waals surface area contributed by atoms with Crippen LogP contribution in [0.4, 0.5) is 0 Å². The second-order valence-corrected chi connectivity index (χ2v) is 16.6. The van der Waals surface area contributed by atoms with Crippen LogP contribution in [0.1, 0.15) is 219 Å². The smallest absolute Gasteiger partial charge is 0.220 e. The highest BCUT2D eigenvalue weighted by Gasteiger charge is 2.44. The Balaban J connectivity index is 2.31. The fraction of sp³-hybridized carbons (Fsp3) is 0.935. The molecule has 0 aromatic rings. The van der Waals surface area contributed by atoms with E-state index in [0.717, 1.165) is 38.5 Å². The van der Waals surface area contributed by atoms with E-state index in [9.17, 15) is 30.3 Å². The third-order valence-electron chi connectivity index (χ3n) is 11.4. The van der Waals surface area contributed by atoms with Crippen molar-refractivity contribution in [3.8, 4) is 0 Å². The number of rotatable bonds is 39. The molecule has 0 radical (unpaired) electrons. The molecule has 0 aromatic carbocycles. The van der Waals surface area contributed by atoms with Gasteiger partial charge in [0.1, 0.15) is 24.4 Å². The van der Waals surface area contributed by atoms with E-state index in [-0.39, 0.29) is 12.5 Å². The van der Waals surface area contributed by atoms with Gasteiger partial charge < -0.3 is 40.3 Å². The molecule has 1 rings (SSSR count). The summed E-state index contributed by atoms with van der Waals surface area (Å²) in [6, 6.07) is -0.797. The Labute approximate surface area is 337 Å². The molecule has 1 aliphatic rings. The Hall–Kier alpha value is -1.07. The van der Waals surface area contributed by atoms with Crippen LogP contribution in [0.3, 0.4) is 0 Å². The predicted molar refractivity (Wildman–Crippen MR) is 226 cm³/mol. The van der Waals surface area contributed by atoms with Gasteiger partial charge in [-0.3, -0.25) is 4.79 Å². The standard InChI is InChI=1S/C46H89NO8/c1-3-5-7-9-11-13-15-17-18-19-20-21-22-24-26-28-30-32-34-36-42(50)47-39(38-54-46-45(53)44(52)43(51)41(37-48)55-46)40(49)35-33-31-29-27-25-23-16-14-12-10-8-6-4-2/h33,35,39-41,43-46,48-49,51-53H,3-32,34,36-38H2,1-2H3,(H,47,50)/t39?,40?,41-,43+,44+,45-,46-/m1/s1. The summed E-state index contributed by atoms with van der Waals surface area (Å²) in [5.41, 5.74) is 0. The van der Waals surface area contributed by atoms with Crippen molar-refractivity contribution in [1.82, 2.24) is 5.32 Å². The van der Waals surface area contributed by atoms with Gasteiger partial charge >= 0.3 is 0 Å². The van der Waals surface area contributed by atoms with E-state index >= 15 is 0 Å². The van der Waals surface area contributed by atoms with Crippen molar-refractivity contribution in [2.45, 2.75) is 262 Å². The molecule has 6 N–H and O–H groups in total. The third kappa shape index (κ3) is 28.1. The number of ether oxygens (including phenoxy) is 2. The molecule has 7 atom stereocenters. The van der Waals surface area contributed by atoms with Crippen LogP contribution >= 0.6 is 0 Å². The number of aliphatic hydroxyl groups excluding tert-OH is 5. The number of nitrogens with one attached hydrogen (secondary N) is 1. The van der Waals surface area contributed by atoms with Crippen LogP contribution in [0.2, 0.25) is 0 Å². The normalized spacial score (nSPS) is 21.3. The van der Waals surface area contributed by atoms with Gasteiger partial charge in [-0.05, 0) is 19.3 Å². The molecule has 326 valence electrons. The van der Waals surface area contributed by atoms with Crippen LogP contribution in [-0.4, -0.2) is 87.5 Å². The molecule has 1 aliphatic heterocycles. The van der Waals surface area contributed by atoms with Crippen LogP contribution in [-0.2, 0) is 14.3 Å². The number of amides is 1. The Bertz CT molecular complexity index is 873. The van der Waals surface area contributed by atoms with Gasteiger partial charge in [-0.25, -0.2) is 0 Å². The Kier molecular flexibility index (Phi) is 35.2. The first kappa shape index (κ1) is 51.9. The molecule has 55 heavy (non-hydrogen) atoms. The highest BCUT2D eigenvalue weighted by atomic mass is 16.7. The van der Waals surface area contributed by atoms with Crippen molar-refractivity contribution >= 4 is 5.91 Å². The summed E-state index contributed by atoms with van der Waals surface area (Å²) in [7, 11) is 0. The van der Waals surface area contributed by atoms with E-state index in [1.54, 1.807) is 6.08 Å². The summed E-state index contributed by atoms with van der Waals surface area (Å²) in [5.74, 6) is -0.174. The first-order valence-corrected chi connectivity index (χ1v) is 23.4. The molecule has 1 heterocycles. The number of unbranched alkanes of at least 4 members (excludes halogenated alkanes) is 29. The van der Waals surface area contributed by atoms with Crippen LogP contribution in [0.5, 0.6) is 0 Å². The quantitative estimate of drug-likeness (QED) is 0.0267. The van der Waals surface area contributed by atoms with Gasteiger partial charge in [0.05, 0.1) is 25.4 Å². The molecular weight excluding hydrogens is 695 g/mol. The molecule has 0 saturated carbocycles. The van der Waals surface area contributed by atoms with Gasteiger partial charge in [0, 0.05) is 6.42 Å². The maximum Gasteiger partial charge on any atom is 0.220 e. The maximum absolute atomic E-state index is 12.9. The lowest BCUT2D eigenvalue weighted by atomic mass is 9.99. The fourth-order valence-corrected chi connectivity index (χ4v) is 7.57. The molecule has 1 saturated heterocycles. The average molecular weight is 784 g/mol. The summed E-state index contributed by atoms with van der Waals surface area (Å²) in [6.45, 7) is 3.78. The minimum atomic E-state index is -1.56. The number of hydrogen-bond donors (Lipinski definition) is 6. The first-order chi connectivity index (χ1) is 26.8. The Morgan fingerprint density at radius 1 is 0.600 bits per heavy atom. The first-order valence-electron chi connectivity index (χ1n) is 23.4. The van der Waals surface area contributed by atoms with E-state index in [2.05, 4.69) is 19.2 Å². The molecule has 0 aliphatic carbocycles. The minimum Gasteiger partial charge on any atom is -0.394 e. The number of allylic oxidation sites excluding steroid dienone is 1. The van der Waals surface area contributed by atoms with E-state index < -0.39 is 49.5 Å². The molecule has 1 amide bonds. The maximum atomic E-state index is 12.9. The van der Waals surface area contributed by atoms with Gasteiger partial charge in [0.25, 0.3) is 0 Å². The zero-order chi connectivity index (χ0) is 40.2. The third-order valence-corrected chi connectivity index (χ3v) is 11.4. The molecular formula is C46H89NO8. The molecule has 1 fully saturated rings. The zero-order valence-corrected chi connectivity index (χ0v) is 35.7.